The van der Waals surface area contributed by atoms with E-state index in [1.165, 1.54) is 7.11 Å². The summed E-state index contributed by atoms with van der Waals surface area (Å²) in [6, 6.07) is 10.9. The molecule has 0 aliphatic heterocycles. The van der Waals surface area contributed by atoms with Gasteiger partial charge in [-0.05, 0) is 48.4 Å². The topological polar surface area (TPSA) is 38.3 Å². The van der Waals surface area contributed by atoms with Crippen LogP contribution in [-0.4, -0.2) is 13.1 Å². The maximum absolute atomic E-state index is 11.6. The van der Waals surface area contributed by atoms with Crippen molar-refractivity contribution in [3.05, 3.63) is 63.1 Å². The first-order valence-electron chi connectivity index (χ1n) is 6.38. The number of nitrogens with one attached hydrogen (secondary N) is 1. The van der Waals surface area contributed by atoms with Crippen LogP contribution in [0, 0.1) is 6.92 Å². The van der Waals surface area contributed by atoms with Crippen LogP contribution >= 0.6 is 23.2 Å². The average Bonchev–Trinajstić information content (AvgIpc) is 2.47. The van der Waals surface area contributed by atoms with Crippen molar-refractivity contribution >= 4 is 34.9 Å². The summed E-state index contributed by atoms with van der Waals surface area (Å²) in [6.07, 6.45) is 0. The first-order valence-corrected chi connectivity index (χ1v) is 7.13. The van der Waals surface area contributed by atoms with Crippen molar-refractivity contribution in [2.24, 2.45) is 0 Å². The zero-order chi connectivity index (χ0) is 15.4. The van der Waals surface area contributed by atoms with E-state index >= 15 is 0 Å². The van der Waals surface area contributed by atoms with Crippen LogP contribution in [0.15, 0.2) is 36.4 Å². The molecule has 0 amide bonds. The number of hydrogen-bond acceptors (Lipinski definition) is 3. The molecule has 2 aromatic carbocycles. The number of ether oxygens (including phenoxy) is 1. The molecular formula is C16H15Cl2NO2. The van der Waals surface area contributed by atoms with Gasteiger partial charge in [0.05, 0.1) is 17.7 Å². The van der Waals surface area contributed by atoms with Crippen LogP contribution in [0.3, 0.4) is 0 Å². The molecule has 21 heavy (non-hydrogen) atoms. The zero-order valence-electron chi connectivity index (χ0n) is 11.7. The highest BCUT2D eigenvalue weighted by atomic mass is 35.5. The van der Waals surface area contributed by atoms with Crippen LogP contribution < -0.4 is 5.32 Å². The number of anilines is 1. The molecule has 2 aromatic rings. The second-order valence-corrected chi connectivity index (χ2v) is 5.45. The maximum Gasteiger partial charge on any atom is 0.339 e. The van der Waals surface area contributed by atoms with Crippen LogP contribution in [0.2, 0.25) is 10.0 Å². The normalized spacial score (nSPS) is 10.3. The molecule has 0 unspecified atom stereocenters. The van der Waals surface area contributed by atoms with Crippen LogP contribution in [0.25, 0.3) is 0 Å². The number of halogens is 2. The fourth-order valence-electron chi connectivity index (χ4n) is 1.96. The molecule has 0 saturated carbocycles. The van der Waals surface area contributed by atoms with Crippen molar-refractivity contribution in [1.82, 2.24) is 0 Å². The van der Waals surface area contributed by atoms with E-state index in [0.29, 0.717) is 17.1 Å². The second-order valence-electron chi connectivity index (χ2n) is 4.61. The van der Waals surface area contributed by atoms with Gasteiger partial charge in [0.15, 0.2) is 0 Å². The Kier molecular flexibility index (Phi) is 5.10. The minimum Gasteiger partial charge on any atom is -0.465 e. The highest BCUT2D eigenvalue weighted by Crippen LogP contribution is 2.22. The summed E-state index contributed by atoms with van der Waals surface area (Å²) in [5.74, 6) is -0.452. The SMILES string of the molecule is COC(=O)c1cc(NCc2ccc(Cl)cc2C)ccc1Cl. The lowest BCUT2D eigenvalue weighted by atomic mass is 10.1. The van der Waals surface area contributed by atoms with Crippen molar-refractivity contribution in [2.75, 3.05) is 12.4 Å². The molecule has 1 N–H and O–H groups in total. The molecule has 2 rings (SSSR count). The van der Waals surface area contributed by atoms with Gasteiger partial charge in [-0.15, -0.1) is 0 Å². The first-order chi connectivity index (χ1) is 10.0. The molecule has 3 nitrogen and oxygen atoms in total. The molecule has 0 heterocycles. The number of hydrogen-bond donors (Lipinski definition) is 1. The summed E-state index contributed by atoms with van der Waals surface area (Å²) in [5, 5.41) is 4.35. The summed E-state index contributed by atoms with van der Waals surface area (Å²) < 4.78 is 4.70. The van der Waals surface area contributed by atoms with Gasteiger partial charge >= 0.3 is 5.97 Å². The van der Waals surface area contributed by atoms with Crippen molar-refractivity contribution in [2.45, 2.75) is 13.5 Å². The monoisotopic (exact) mass is 323 g/mol. The fourth-order valence-corrected chi connectivity index (χ4v) is 2.38. The van der Waals surface area contributed by atoms with E-state index in [1.54, 1.807) is 12.1 Å². The Bertz CT molecular complexity index is 671. The highest BCUT2D eigenvalue weighted by molar-refractivity contribution is 6.33. The lowest BCUT2D eigenvalue weighted by Gasteiger charge is -2.11. The van der Waals surface area contributed by atoms with Gasteiger partial charge in [-0.25, -0.2) is 4.79 Å². The predicted octanol–water partition coefficient (Wildman–Crippen LogP) is 4.70. The Balaban J connectivity index is 2.15. The minimum absolute atomic E-state index is 0.344. The Morgan fingerprint density at radius 3 is 2.62 bits per heavy atom. The third-order valence-electron chi connectivity index (χ3n) is 3.16. The van der Waals surface area contributed by atoms with E-state index in [2.05, 4.69) is 5.32 Å². The van der Waals surface area contributed by atoms with E-state index in [-0.39, 0.29) is 0 Å². The average molecular weight is 324 g/mol. The van der Waals surface area contributed by atoms with Gasteiger partial charge in [0.1, 0.15) is 0 Å². The van der Waals surface area contributed by atoms with Gasteiger partial charge in [-0.3, -0.25) is 0 Å². The lowest BCUT2D eigenvalue weighted by Crippen LogP contribution is -2.05. The maximum atomic E-state index is 11.6. The Labute approximate surface area is 133 Å². The molecule has 0 spiro atoms. The third-order valence-corrected chi connectivity index (χ3v) is 3.72. The fraction of sp³-hybridized carbons (Fsp3) is 0.188. The summed E-state index contributed by atoms with van der Waals surface area (Å²) in [4.78, 5) is 11.6. The second kappa shape index (κ2) is 6.83. The third kappa shape index (κ3) is 3.90. The van der Waals surface area contributed by atoms with Gasteiger partial charge in [-0.2, -0.15) is 0 Å². The van der Waals surface area contributed by atoms with E-state index in [1.807, 2.05) is 31.2 Å². The van der Waals surface area contributed by atoms with Crippen LogP contribution in [-0.2, 0) is 11.3 Å². The molecular weight excluding hydrogens is 309 g/mol. The van der Waals surface area contributed by atoms with Gasteiger partial charge in [0, 0.05) is 17.3 Å². The van der Waals surface area contributed by atoms with Crippen molar-refractivity contribution < 1.29 is 9.53 Å². The highest BCUT2D eigenvalue weighted by Gasteiger charge is 2.11. The smallest absolute Gasteiger partial charge is 0.339 e. The quantitative estimate of drug-likeness (QED) is 0.829. The van der Waals surface area contributed by atoms with Gasteiger partial charge in [0.25, 0.3) is 0 Å². The number of rotatable bonds is 4. The number of benzene rings is 2. The Morgan fingerprint density at radius 1 is 1.19 bits per heavy atom. The summed E-state index contributed by atoms with van der Waals surface area (Å²) in [7, 11) is 1.33. The summed E-state index contributed by atoms with van der Waals surface area (Å²) in [6.45, 7) is 2.63. The Morgan fingerprint density at radius 2 is 1.95 bits per heavy atom. The predicted molar refractivity (Wildman–Crippen MR) is 86.3 cm³/mol. The molecule has 0 radical (unpaired) electrons. The van der Waals surface area contributed by atoms with Crippen LogP contribution in [0.1, 0.15) is 21.5 Å². The van der Waals surface area contributed by atoms with Gasteiger partial charge in [-0.1, -0.05) is 29.3 Å². The van der Waals surface area contributed by atoms with Gasteiger partial charge in [0.2, 0.25) is 0 Å². The van der Waals surface area contributed by atoms with Crippen molar-refractivity contribution in [1.29, 1.82) is 0 Å². The molecule has 110 valence electrons. The zero-order valence-corrected chi connectivity index (χ0v) is 13.3. The first kappa shape index (κ1) is 15.7. The van der Waals surface area contributed by atoms with Gasteiger partial charge < -0.3 is 10.1 Å². The molecule has 0 saturated heterocycles. The number of esters is 1. The standard InChI is InChI=1S/C16H15Cl2NO2/c1-10-7-12(17)4-3-11(10)9-19-13-5-6-15(18)14(8-13)16(20)21-2/h3-8,19H,9H2,1-2H3. The van der Waals surface area contributed by atoms with Crippen LogP contribution in [0.5, 0.6) is 0 Å². The van der Waals surface area contributed by atoms with E-state index in [4.69, 9.17) is 27.9 Å². The number of methoxy groups -OCH3 is 1. The molecule has 0 aromatic heterocycles. The van der Waals surface area contributed by atoms with E-state index < -0.39 is 5.97 Å². The number of carbonyl (C=O) groups excluding carboxylic acids is 1. The van der Waals surface area contributed by atoms with Crippen molar-refractivity contribution in [3.8, 4) is 0 Å². The molecule has 5 heteroatoms. The van der Waals surface area contributed by atoms with E-state index in [9.17, 15) is 4.79 Å². The molecule has 0 atom stereocenters. The Hall–Kier alpha value is -1.71. The summed E-state index contributed by atoms with van der Waals surface area (Å²) >= 11 is 11.9. The molecule has 0 aliphatic carbocycles. The van der Waals surface area contributed by atoms with E-state index in [0.717, 1.165) is 21.8 Å². The van der Waals surface area contributed by atoms with Crippen LogP contribution in [0.4, 0.5) is 5.69 Å². The molecule has 0 aliphatic rings. The number of aryl methyl sites for hydroxylation is 1. The molecule has 0 fully saturated rings. The minimum atomic E-state index is -0.452. The molecule has 0 bridgehead atoms. The van der Waals surface area contributed by atoms with Crippen molar-refractivity contribution in [3.63, 3.8) is 0 Å². The largest absolute Gasteiger partial charge is 0.465 e. The summed E-state index contributed by atoms with van der Waals surface area (Å²) in [5.41, 5.74) is 3.39. The number of carbonyl (C=O) groups is 1. The lowest BCUT2D eigenvalue weighted by molar-refractivity contribution is 0.0601.